The van der Waals surface area contributed by atoms with Crippen molar-refractivity contribution in [1.82, 2.24) is 15.6 Å². The van der Waals surface area contributed by atoms with E-state index in [0.717, 1.165) is 0 Å². The van der Waals surface area contributed by atoms with Crippen LogP contribution < -0.4 is 10.6 Å². The number of halogens is 1. The molecule has 3 rings (SSSR count). The lowest BCUT2D eigenvalue weighted by Gasteiger charge is -2.13. The number of nitro benzene ring substituents is 1. The highest BCUT2D eigenvalue weighted by Gasteiger charge is 2.25. The van der Waals surface area contributed by atoms with Gasteiger partial charge in [-0.1, -0.05) is 12.1 Å². The maximum absolute atomic E-state index is 12.2. The van der Waals surface area contributed by atoms with Crippen molar-refractivity contribution in [3.63, 3.8) is 0 Å². The van der Waals surface area contributed by atoms with Crippen LogP contribution in [0.3, 0.4) is 0 Å². The van der Waals surface area contributed by atoms with Crippen LogP contribution in [0.25, 0.3) is 10.6 Å². The van der Waals surface area contributed by atoms with Crippen LogP contribution in [0.2, 0.25) is 0 Å². The van der Waals surface area contributed by atoms with E-state index < -0.39 is 11.0 Å². The Morgan fingerprint density at radius 2 is 2.28 bits per heavy atom. The summed E-state index contributed by atoms with van der Waals surface area (Å²) in [6.07, 6.45) is -0.457. The maximum Gasteiger partial charge on any atom is 0.270 e. The van der Waals surface area contributed by atoms with Crippen molar-refractivity contribution < 1.29 is 14.8 Å². The largest absolute Gasteiger partial charge is 0.391 e. The molecule has 10 heteroatoms. The van der Waals surface area contributed by atoms with Gasteiger partial charge in [-0.15, -0.1) is 23.7 Å². The minimum atomic E-state index is -0.467. The Morgan fingerprint density at radius 1 is 1.48 bits per heavy atom. The summed E-state index contributed by atoms with van der Waals surface area (Å²) in [4.78, 5) is 26.8. The van der Waals surface area contributed by atoms with Crippen LogP contribution in [0.15, 0.2) is 29.6 Å². The predicted octanol–water partition coefficient (Wildman–Crippen LogP) is 1.45. The smallest absolute Gasteiger partial charge is 0.270 e. The Kier molecular flexibility index (Phi) is 6.43. The molecule has 1 aliphatic rings. The molecule has 2 atom stereocenters. The van der Waals surface area contributed by atoms with E-state index in [1.807, 2.05) is 0 Å². The van der Waals surface area contributed by atoms with Gasteiger partial charge in [0.1, 0.15) is 10.7 Å². The molecule has 2 unspecified atom stereocenters. The standard InChI is InChI=1S/C15H16N4O4S.ClH/c20-13-7-16-5-10(13)6-17-14(21)12-8-24-15(18-12)9-2-1-3-11(4-9)19(22)23;/h1-4,8,10,13,16,20H,5-7H2,(H,17,21);1H. The SMILES string of the molecule is Cl.O=C(NCC1CNCC1O)c1csc(-c2cccc([N+](=O)[O-])c2)n1. The van der Waals surface area contributed by atoms with Crippen molar-refractivity contribution in [2.75, 3.05) is 19.6 Å². The van der Waals surface area contributed by atoms with E-state index >= 15 is 0 Å². The number of aliphatic hydroxyl groups excluding tert-OH is 1. The molecular weight excluding hydrogens is 368 g/mol. The normalized spacial score (nSPS) is 19.2. The maximum atomic E-state index is 12.2. The second-order valence-corrected chi connectivity index (χ2v) is 6.40. The first-order valence-corrected chi connectivity index (χ1v) is 8.30. The molecule has 0 bridgehead atoms. The van der Waals surface area contributed by atoms with E-state index in [0.29, 0.717) is 30.2 Å². The molecule has 134 valence electrons. The van der Waals surface area contributed by atoms with Gasteiger partial charge in [0.2, 0.25) is 0 Å². The Labute approximate surface area is 153 Å². The van der Waals surface area contributed by atoms with Gasteiger partial charge in [0.15, 0.2) is 0 Å². The monoisotopic (exact) mass is 384 g/mol. The van der Waals surface area contributed by atoms with Gasteiger partial charge in [0, 0.05) is 48.6 Å². The van der Waals surface area contributed by atoms with Gasteiger partial charge in [-0.2, -0.15) is 0 Å². The molecule has 8 nitrogen and oxygen atoms in total. The summed E-state index contributed by atoms with van der Waals surface area (Å²) in [7, 11) is 0. The van der Waals surface area contributed by atoms with Gasteiger partial charge in [0.05, 0.1) is 11.0 Å². The van der Waals surface area contributed by atoms with Gasteiger partial charge < -0.3 is 15.7 Å². The van der Waals surface area contributed by atoms with Crippen LogP contribution in [0.5, 0.6) is 0 Å². The summed E-state index contributed by atoms with van der Waals surface area (Å²) in [5.74, 6) is -0.328. The number of amides is 1. The lowest BCUT2D eigenvalue weighted by molar-refractivity contribution is -0.384. The number of benzene rings is 1. The second kappa shape index (κ2) is 8.34. The number of carbonyl (C=O) groups is 1. The number of non-ortho nitro benzene ring substituents is 1. The first kappa shape index (κ1) is 19.3. The molecule has 0 radical (unpaired) electrons. The first-order valence-electron chi connectivity index (χ1n) is 7.42. The van der Waals surface area contributed by atoms with E-state index in [1.165, 1.54) is 23.5 Å². The van der Waals surface area contributed by atoms with Gasteiger partial charge in [-0.25, -0.2) is 4.98 Å². The molecule has 1 aromatic carbocycles. The molecule has 25 heavy (non-hydrogen) atoms. The molecule has 0 saturated carbocycles. The fraction of sp³-hybridized carbons (Fsp3) is 0.333. The van der Waals surface area contributed by atoms with Crippen LogP contribution in [0.1, 0.15) is 10.5 Å². The summed E-state index contributed by atoms with van der Waals surface area (Å²) < 4.78 is 0. The van der Waals surface area contributed by atoms with Crippen LogP contribution in [-0.4, -0.2) is 46.7 Å². The van der Waals surface area contributed by atoms with E-state index in [9.17, 15) is 20.0 Å². The number of nitrogens with one attached hydrogen (secondary N) is 2. The number of hydrogen-bond acceptors (Lipinski definition) is 7. The Balaban J connectivity index is 0.00000225. The number of carbonyl (C=O) groups excluding carboxylic acids is 1. The van der Waals surface area contributed by atoms with Gasteiger partial charge in [-0.05, 0) is 0 Å². The lowest BCUT2D eigenvalue weighted by atomic mass is 10.1. The van der Waals surface area contributed by atoms with Gasteiger partial charge in [-0.3, -0.25) is 14.9 Å². The fourth-order valence-electron chi connectivity index (χ4n) is 2.50. The zero-order valence-corrected chi connectivity index (χ0v) is 14.7. The number of thiazole rings is 1. The quantitative estimate of drug-likeness (QED) is 0.530. The van der Waals surface area contributed by atoms with Crippen molar-refractivity contribution >= 4 is 35.3 Å². The van der Waals surface area contributed by atoms with E-state index in [1.54, 1.807) is 17.5 Å². The third-order valence-electron chi connectivity index (χ3n) is 3.87. The van der Waals surface area contributed by atoms with Crippen molar-refractivity contribution in [3.8, 4) is 10.6 Å². The highest BCUT2D eigenvalue weighted by molar-refractivity contribution is 7.13. The fourth-order valence-corrected chi connectivity index (χ4v) is 3.30. The van der Waals surface area contributed by atoms with Crippen molar-refractivity contribution in [1.29, 1.82) is 0 Å². The van der Waals surface area contributed by atoms with Crippen molar-refractivity contribution in [3.05, 3.63) is 45.5 Å². The lowest BCUT2D eigenvalue weighted by Crippen LogP contribution is -2.34. The molecule has 0 aliphatic carbocycles. The third kappa shape index (κ3) is 4.51. The third-order valence-corrected chi connectivity index (χ3v) is 4.76. The predicted molar refractivity (Wildman–Crippen MR) is 96.2 cm³/mol. The number of hydrogen-bond donors (Lipinski definition) is 3. The minimum Gasteiger partial charge on any atom is -0.391 e. The Morgan fingerprint density at radius 3 is 2.96 bits per heavy atom. The van der Waals surface area contributed by atoms with Gasteiger partial charge in [0.25, 0.3) is 11.6 Å². The highest BCUT2D eigenvalue weighted by Crippen LogP contribution is 2.26. The second-order valence-electron chi connectivity index (χ2n) is 5.54. The molecule has 2 heterocycles. The Bertz CT molecular complexity index is 769. The average Bonchev–Trinajstić information content (AvgIpc) is 3.22. The summed E-state index contributed by atoms with van der Waals surface area (Å²) in [5, 5.41) is 28.5. The molecule has 1 aliphatic heterocycles. The van der Waals surface area contributed by atoms with Crippen LogP contribution >= 0.6 is 23.7 Å². The highest BCUT2D eigenvalue weighted by atomic mass is 35.5. The molecule has 3 N–H and O–H groups in total. The van der Waals surface area contributed by atoms with Crippen LogP contribution in [0, 0.1) is 16.0 Å². The van der Waals surface area contributed by atoms with E-state index in [4.69, 9.17) is 0 Å². The van der Waals surface area contributed by atoms with Crippen molar-refractivity contribution in [2.45, 2.75) is 6.10 Å². The zero-order valence-electron chi connectivity index (χ0n) is 13.0. The molecule has 1 saturated heterocycles. The topological polar surface area (TPSA) is 117 Å². The molecule has 1 fully saturated rings. The average molecular weight is 385 g/mol. The van der Waals surface area contributed by atoms with Crippen molar-refractivity contribution in [2.24, 2.45) is 5.92 Å². The zero-order chi connectivity index (χ0) is 17.1. The molecule has 0 spiro atoms. The summed E-state index contributed by atoms with van der Waals surface area (Å²) >= 11 is 1.25. The van der Waals surface area contributed by atoms with E-state index in [2.05, 4.69) is 15.6 Å². The molecule has 1 aromatic heterocycles. The molecule has 1 amide bonds. The number of aliphatic hydroxyl groups is 1. The number of rotatable bonds is 5. The number of β-amino-alcohol motifs (C(OH)–C–C–N with tert-alkyl or cyclic N) is 1. The van der Waals surface area contributed by atoms with E-state index in [-0.39, 0.29) is 35.6 Å². The molecule has 2 aromatic rings. The van der Waals surface area contributed by atoms with Crippen LogP contribution in [-0.2, 0) is 0 Å². The van der Waals surface area contributed by atoms with Crippen LogP contribution in [0.4, 0.5) is 5.69 Å². The van der Waals surface area contributed by atoms with Gasteiger partial charge >= 0.3 is 0 Å². The minimum absolute atomic E-state index is 0. The number of nitro groups is 1. The first-order chi connectivity index (χ1) is 11.5. The summed E-state index contributed by atoms with van der Waals surface area (Å²) in [5.41, 5.74) is 0.849. The summed E-state index contributed by atoms with van der Waals surface area (Å²) in [6, 6.07) is 6.14. The number of nitrogens with zero attached hydrogens (tertiary/aromatic N) is 2. The number of aromatic nitrogens is 1. The Hall–Kier alpha value is -2.07. The summed E-state index contributed by atoms with van der Waals surface area (Å²) in [6.45, 7) is 1.57. The molecular formula is C15H17ClN4O4S.